The number of hydrogen-bond donors (Lipinski definition) is 1. The third-order valence-electron chi connectivity index (χ3n) is 4.25. The number of amides is 1. The average molecular weight is 420 g/mol. The van der Waals surface area contributed by atoms with E-state index in [1.165, 1.54) is 0 Å². The molecule has 0 aliphatic rings. The van der Waals surface area contributed by atoms with E-state index in [9.17, 15) is 4.79 Å². The molecule has 8 nitrogen and oxygen atoms in total. The summed E-state index contributed by atoms with van der Waals surface area (Å²) in [4.78, 5) is 12.4. The predicted molar refractivity (Wildman–Crippen MR) is 102 cm³/mol. The molecule has 0 saturated carbocycles. The Kier molecular flexibility index (Phi) is 5.55. The molecule has 0 fully saturated rings. The van der Waals surface area contributed by atoms with E-state index in [-0.39, 0.29) is 11.8 Å². The number of rotatable bonds is 7. The second kappa shape index (κ2) is 7.86. The van der Waals surface area contributed by atoms with E-state index >= 15 is 0 Å². The summed E-state index contributed by atoms with van der Waals surface area (Å²) in [5.41, 5.74) is 2.93. The van der Waals surface area contributed by atoms with Crippen molar-refractivity contribution in [3.8, 4) is 0 Å². The van der Waals surface area contributed by atoms with Crippen LogP contribution in [0.3, 0.4) is 0 Å². The van der Waals surface area contributed by atoms with Crippen LogP contribution in [0.2, 0.25) is 0 Å². The quantitative estimate of drug-likeness (QED) is 0.637. The topological polar surface area (TPSA) is 82.6 Å². The lowest BCUT2D eigenvalue weighted by Gasteiger charge is -2.11. The zero-order valence-corrected chi connectivity index (χ0v) is 16.6. The van der Waals surface area contributed by atoms with E-state index < -0.39 is 0 Å². The smallest absolute Gasteiger partial charge is 0.229 e. The molecule has 0 aliphatic carbocycles. The molecule has 0 aliphatic heterocycles. The van der Waals surface area contributed by atoms with Gasteiger partial charge in [0.1, 0.15) is 0 Å². The Bertz CT molecular complexity index is 895. The normalized spacial score (nSPS) is 12.3. The maximum Gasteiger partial charge on any atom is 0.229 e. The first-order chi connectivity index (χ1) is 12.5. The van der Waals surface area contributed by atoms with Gasteiger partial charge in [0, 0.05) is 30.2 Å². The van der Waals surface area contributed by atoms with Crippen LogP contribution in [0.25, 0.3) is 0 Å². The number of carbonyl (C=O) groups excluding carboxylic acids is 1. The molecule has 9 heteroatoms. The number of nitrogens with zero attached hydrogens (tertiary/aromatic N) is 6. The van der Waals surface area contributed by atoms with Crippen LogP contribution in [0.5, 0.6) is 0 Å². The Labute approximate surface area is 160 Å². The first kappa shape index (κ1) is 18.4. The summed E-state index contributed by atoms with van der Waals surface area (Å²) in [6.07, 6.45) is 8.91. The number of aromatic nitrogens is 6. The number of hydrogen-bond acceptors (Lipinski definition) is 4. The molecule has 1 N–H and O–H groups in total. The van der Waals surface area contributed by atoms with Crippen molar-refractivity contribution in [1.82, 2.24) is 29.3 Å². The highest BCUT2D eigenvalue weighted by atomic mass is 79.9. The van der Waals surface area contributed by atoms with Crippen molar-refractivity contribution in [2.24, 2.45) is 5.92 Å². The van der Waals surface area contributed by atoms with Gasteiger partial charge in [-0.25, -0.2) is 0 Å². The van der Waals surface area contributed by atoms with Gasteiger partial charge in [-0.15, -0.1) is 0 Å². The van der Waals surface area contributed by atoms with Gasteiger partial charge in [0.05, 0.1) is 47.8 Å². The fourth-order valence-electron chi connectivity index (χ4n) is 2.72. The summed E-state index contributed by atoms with van der Waals surface area (Å²) in [6, 6.07) is 0. The first-order valence-corrected chi connectivity index (χ1v) is 9.28. The van der Waals surface area contributed by atoms with E-state index in [1.54, 1.807) is 21.8 Å². The van der Waals surface area contributed by atoms with Crippen molar-refractivity contribution < 1.29 is 4.79 Å². The maximum atomic E-state index is 12.4. The molecule has 1 unspecified atom stereocenters. The zero-order chi connectivity index (χ0) is 18.7. The summed E-state index contributed by atoms with van der Waals surface area (Å²) in [5, 5.41) is 15.8. The van der Waals surface area contributed by atoms with Crippen LogP contribution in [0.1, 0.15) is 25.1 Å². The van der Waals surface area contributed by atoms with Gasteiger partial charge >= 0.3 is 0 Å². The zero-order valence-electron chi connectivity index (χ0n) is 15.1. The summed E-state index contributed by atoms with van der Waals surface area (Å²) < 4.78 is 6.39. The highest BCUT2D eigenvalue weighted by molar-refractivity contribution is 9.10. The molecule has 3 aromatic heterocycles. The van der Waals surface area contributed by atoms with Gasteiger partial charge in [0.15, 0.2) is 0 Å². The first-order valence-electron chi connectivity index (χ1n) is 8.48. The van der Waals surface area contributed by atoms with Gasteiger partial charge in [0.2, 0.25) is 5.91 Å². The SMILES string of the molecule is CCn1ncc(Cn2cc(NC(=O)C(C)Cn3cc(Br)cn3)cn2)c1C. The van der Waals surface area contributed by atoms with Crippen molar-refractivity contribution in [3.05, 3.63) is 46.7 Å². The number of anilines is 1. The number of carbonyl (C=O) groups is 1. The van der Waals surface area contributed by atoms with Crippen LogP contribution in [0, 0.1) is 12.8 Å². The average Bonchev–Trinajstić information content (AvgIpc) is 3.30. The molecular formula is C17H22BrN7O. The fourth-order valence-corrected chi connectivity index (χ4v) is 3.04. The van der Waals surface area contributed by atoms with E-state index in [0.717, 1.165) is 22.3 Å². The van der Waals surface area contributed by atoms with Crippen molar-refractivity contribution in [3.63, 3.8) is 0 Å². The van der Waals surface area contributed by atoms with E-state index in [4.69, 9.17) is 0 Å². The van der Waals surface area contributed by atoms with Gasteiger partial charge in [-0.1, -0.05) is 6.92 Å². The maximum absolute atomic E-state index is 12.4. The molecule has 0 bridgehead atoms. The minimum atomic E-state index is -0.213. The third kappa shape index (κ3) is 4.21. The Balaban J connectivity index is 1.58. The third-order valence-corrected chi connectivity index (χ3v) is 4.66. The van der Waals surface area contributed by atoms with Crippen LogP contribution in [0.15, 0.2) is 35.5 Å². The van der Waals surface area contributed by atoms with Crippen LogP contribution >= 0.6 is 15.9 Å². The molecule has 0 saturated heterocycles. The van der Waals surface area contributed by atoms with Crippen molar-refractivity contribution in [2.45, 2.75) is 40.4 Å². The second-order valence-electron chi connectivity index (χ2n) is 6.27. The minimum absolute atomic E-state index is 0.0637. The summed E-state index contributed by atoms with van der Waals surface area (Å²) >= 11 is 3.35. The predicted octanol–water partition coefficient (Wildman–Crippen LogP) is 2.69. The molecule has 3 aromatic rings. The van der Waals surface area contributed by atoms with Crippen molar-refractivity contribution in [2.75, 3.05) is 5.32 Å². The van der Waals surface area contributed by atoms with Crippen LogP contribution < -0.4 is 5.32 Å². The highest BCUT2D eigenvalue weighted by Gasteiger charge is 2.15. The van der Waals surface area contributed by atoms with E-state index in [0.29, 0.717) is 18.8 Å². The monoisotopic (exact) mass is 419 g/mol. The lowest BCUT2D eigenvalue weighted by molar-refractivity contribution is -0.119. The highest BCUT2D eigenvalue weighted by Crippen LogP contribution is 2.13. The second-order valence-corrected chi connectivity index (χ2v) is 7.18. The Morgan fingerprint density at radius 2 is 1.96 bits per heavy atom. The van der Waals surface area contributed by atoms with E-state index in [2.05, 4.69) is 43.5 Å². The number of nitrogens with one attached hydrogen (secondary N) is 1. The molecule has 3 rings (SSSR count). The van der Waals surface area contributed by atoms with Gasteiger partial charge in [0.25, 0.3) is 0 Å². The van der Waals surface area contributed by atoms with Gasteiger partial charge in [-0.2, -0.15) is 15.3 Å². The number of aryl methyl sites for hydroxylation is 1. The molecule has 1 amide bonds. The van der Waals surface area contributed by atoms with Gasteiger partial charge in [-0.05, 0) is 29.8 Å². The minimum Gasteiger partial charge on any atom is -0.323 e. The molecule has 1 atom stereocenters. The molecule has 3 heterocycles. The van der Waals surface area contributed by atoms with Gasteiger partial charge < -0.3 is 5.32 Å². The number of halogens is 1. The van der Waals surface area contributed by atoms with Crippen molar-refractivity contribution in [1.29, 1.82) is 0 Å². The molecule has 26 heavy (non-hydrogen) atoms. The van der Waals surface area contributed by atoms with Gasteiger partial charge in [-0.3, -0.25) is 18.8 Å². The molecule has 138 valence electrons. The lowest BCUT2D eigenvalue weighted by atomic mass is 10.1. The van der Waals surface area contributed by atoms with E-state index in [1.807, 2.05) is 37.1 Å². The Morgan fingerprint density at radius 1 is 1.19 bits per heavy atom. The molecular weight excluding hydrogens is 398 g/mol. The van der Waals surface area contributed by atoms with Crippen LogP contribution in [0.4, 0.5) is 5.69 Å². The summed E-state index contributed by atoms with van der Waals surface area (Å²) in [5.74, 6) is -0.277. The van der Waals surface area contributed by atoms with Crippen LogP contribution in [-0.2, 0) is 24.4 Å². The van der Waals surface area contributed by atoms with Crippen molar-refractivity contribution >= 4 is 27.5 Å². The molecule has 0 aromatic carbocycles. The molecule has 0 radical (unpaired) electrons. The molecule has 0 spiro atoms. The Hall–Kier alpha value is -2.42. The van der Waals surface area contributed by atoms with Crippen LogP contribution in [-0.4, -0.2) is 35.2 Å². The Morgan fingerprint density at radius 3 is 2.62 bits per heavy atom. The largest absolute Gasteiger partial charge is 0.323 e. The summed E-state index contributed by atoms with van der Waals surface area (Å²) in [6.45, 7) is 7.97. The standard InChI is InChI=1S/C17H22BrN7O/c1-4-25-13(3)14(5-21-25)9-24-11-16(7-20-24)22-17(26)12(2)8-23-10-15(18)6-19-23/h5-7,10-12H,4,8-9H2,1-3H3,(H,22,26). The summed E-state index contributed by atoms with van der Waals surface area (Å²) in [7, 11) is 0. The fraction of sp³-hybridized carbons (Fsp3) is 0.412. The lowest BCUT2D eigenvalue weighted by Crippen LogP contribution is -2.24.